The minimum Gasteiger partial charge on any atom is -0.361 e. The summed E-state index contributed by atoms with van der Waals surface area (Å²) in [7, 11) is 0. The van der Waals surface area contributed by atoms with Gasteiger partial charge in [0.25, 0.3) is 0 Å². The Kier molecular flexibility index (Phi) is 1.43. The number of nitrogens with one attached hydrogen (secondary N) is 1. The summed E-state index contributed by atoms with van der Waals surface area (Å²) < 4.78 is 0. The first-order chi connectivity index (χ1) is 5.83. The Bertz CT molecular complexity index is 431. The molecule has 2 aromatic rings. The fourth-order valence-corrected chi connectivity index (χ4v) is 1.41. The molecular weight excluding hydrogens is 152 g/mol. The summed E-state index contributed by atoms with van der Waals surface area (Å²) in [6.07, 6.45) is 1.87. The quantitative estimate of drug-likeness (QED) is 0.640. The average molecular weight is 160 g/mol. The fraction of sp³-hybridized carbons (Fsp3) is 0.111. The number of benzene rings is 1. The Morgan fingerprint density at radius 3 is 3.00 bits per heavy atom. The molecule has 1 N–H and O–H groups in total. The summed E-state index contributed by atoms with van der Waals surface area (Å²) in [4.78, 5) is 13.5. The molecule has 12 heavy (non-hydrogen) atoms. The first kappa shape index (κ1) is 7.03. The molecule has 0 atom stereocenters. The van der Waals surface area contributed by atoms with Crippen molar-refractivity contribution < 1.29 is 0 Å². The van der Waals surface area contributed by atoms with Gasteiger partial charge in [0.15, 0.2) is 0 Å². The molecule has 1 aromatic heterocycles. The van der Waals surface area contributed by atoms with Crippen LogP contribution in [0.25, 0.3) is 10.9 Å². The van der Waals surface area contributed by atoms with Gasteiger partial charge in [-0.15, -0.1) is 4.91 Å². The molecule has 0 aliphatic heterocycles. The van der Waals surface area contributed by atoms with E-state index in [1.165, 1.54) is 0 Å². The number of H-pyrrole nitrogens is 1. The van der Waals surface area contributed by atoms with Crippen molar-refractivity contribution in [2.45, 2.75) is 6.92 Å². The van der Waals surface area contributed by atoms with Crippen LogP contribution in [0.5, 0.6) is 0 Å². The molecule has 0 aliphatic carbocycles. The second kappa shape index (κ2) is 2.44. The molecule has 0 unspecified atom stereocenters. The first-order valence-electron chi connectivity index (χ1n) is 3.73. The van der Waals surface area contributed by atoms with Crippen LogP contribution in [0.4, 0.5) is 5.69 Å². The summed E-state index contributed by atoms with van der Waals surface area (Å²) >= 11 is 0. The van der Waals surface area contributed by atoms with Gasteiger partial charge in [-0.3, -0.25) is 0 Å². The van der Waals surface area contributed by atoms with Gasteiger partial charge in [0.2, 0.25) is 0 Å². The molecule has 1 aromatic carbocycles. The predicted octanol–water partition coefficient (Wildman–Crippen LogP) is 2.87. The van der Waals surface area contributed by atoms with Crippen LogP contribution in [0.3, 0.4) is 0 Å². The highest BCUT2D eigenvalue weighted by atomic mass is 16.3. The minimum absolute atomic E-state index is 0.506. The predicted molar refractivity (Wildman–Crippen MR) is 48.5 cm³/mol. The number of nitroso groups, excluding NO2 is 1. The zero-order valence-corrected chi connectivity index (χ0v) is 6.66. The van der Waals surface area contributed by atoms with E-state index in [2.05, 4.69) is 10.2 Å². The van der Waals surface area contributed by atoms with Crippen molar-refractivity contribution in [3.05, 3.63) is 34.9 Å². The maximum atomic E-state index is 10.4. The molecule has 0 fully saturated rings. The van der Waals surface area contributed by atoms with E-state index in [4.69, 9.17) is 0 Å². The molecule has 0 amide bonds. The van der Waals surface area contributed by atoms with Crippen LogP contribution in [0.15, 0.2) is 29.6 Å². The van der Waals surface area contributed by atoms with Crippen LogP contribution in [0, 0.1) is 11.8 Å². The lowest BCUT2D eigenvalue weighted by Gasteiger charge is -1.93. The Balaban J connectivity index is 2.93. The number of hydrogen-bond acceptors (Lipinski definition) is 2. The normalized spacial score (nSPS) is 10.4. The van der Waals surface area contributed by atoms with Crippen molar-refractivity contribution in [2.24, 2.45) is 5.18 Å². The Hall–Kier alpha value is -1.64. The van der Waals surface area contributed by atoms with Crippen LogP contribution >= 0.6 is 0 Å². The second-order valence-corrected chi connectivity index (χ2v) is 2.76. The van der Waals surface area contributed by atoms with E-state index in [0.717, 1.165) is 16.5 Å². The Morgan fingerprint density at radius 1 is 1.42 bits per heavy atom. The van der Waals surface area contributed by atoms with Crippen LogP contribution in [-0.4, -0.2) is 4.98 Å². The van der Waals surface area contributed by atoms with E-state index in [9.17, 15) is 4.91 Å². The highest BCUT2D eigenvalue weighted by Crippen LogP contribution is 2.27. The zero-order valence-electron chi connectivity index (χ0n) is 6.66. The molecule has 0 saturated carbocycles. The van der Waals surface area contributed by atoms with Gasteiger partial charge in [0, 0.05) is 17.1 Å². The molecule has 0 spiro atoms. The monoisotopic (exact) mass is 160 g/mol. The largest absolute Gasteiger partial charge is 0.361 e. The third-order valence-electron chi connectivity index (χ3n) is 1.98. The van der Waals surface area contributed by atoms with Gasteiger partial charge < -0.3 is 4.98 Å². The third kappa shape index (κ3) is 0.830. The molecule has 3 nitrogen and oxygen atoms in total. The number of aromatic nitrogens is 1. The molecule has 0 radical (unpaired) electrons. The Labute approximate surface area is 69.4 Å². The molecule has 2 rings (SSSR count). The van der Waals surface area contributed by atoms with E-state index in [-0.39, 0.29) is 0 Å². The Morgan fingerprint density at radius 2 is 2.25 bits per heavy atom. The highest BCUT2D eigenvalue weighted by Gasteiger charge is 2.04. The number of nitrogens with zero attached hydrogens (tertiary/aromatic N) is 1. The SMILES string of the molecule is Cc1c[nH]c2cccc(N=O)c12. The summed E-state index contributed by atoms with van der Waals surface area (Å²) in [6.45, 7) is 1.95. The van der Waals surface area contributed by atoms with Crippen molar-refractivity contribution in [3.8, 4) is 0 Å². The van der Waals surface area contributed by atoms with Gasteiger partial charge in [-0.25, -0.2) is 0 Å². The number of hydrogen-bond donors (Lipinski definition) is 1. The number of rotatable bonds is 1. The average Bonchev–Trinajstić information content (AvgIpc) is 2.48. The van der Waals surface area contributed by atoms with Crippen molar-refractivity contribution in [3.63, 3.8) is 0 Å². The number of fused-ring (bicyclic) bond motifs is 1. The maximum absolute atomic E-state index is 10.4. The molecule has 0 aliphatic rings. The molecule has 60 valence electrons. The third-order valence-corrected chi connectivity index (χ3v) is 1.98. The fourth-order valence-electron chi connectivity index (χ4n) is 1.41. The number of aryl methyl sites for hydroxylation is 1. The summed E-state index contributed by atoms with van der Waals surface area (Å²) in [5, 5.41) is 3.89. The van der Waals surface area contributed by atoms with Crippen LogP contribution in [-0.2, 0) is 0 Å². The van der Waals surface area contributed by atoms with Crippen molar-refractivity contribution >= 4 is 16.6 Å². The molecule has 1 heterocycles. The topological polar surface area (TPSA) is 45.2 Å². The van der Waals surface area contributed by atoms with Crippen molar-refractivity contribution in [2.75, 3.05) is 0 Å². The second-order valence-electron chi connectivity index (χ2n) is 2.76. The van der Waals surface area contributed by atoms with E-state index < -0.39 is 0 Å². The standard InChI is InChI=1S/C9H8N2O/c1-6-5-10-7-3-2-4-8(11-12)9(6)7/h2-5,10H,1H3. The van der Waals surface area contributed by atoms with Crippen molar-refractivity contribution in [1.82, 2.24) is 4.98 Å². The summed E-state index contributed by atoms with van der Waals surface area (Å²) in [6, 6.07) is 5.46. The minimum atomic E-state index is 0.506. The lowest BCUT2D eigenvalue weighted by Crippen LogP contribution is -1.69. The molecular formula is C9H8N2O. The molecule has 0 bridgehead atoms. The maximum Gasteiger partial charge on any atom is 0.117 e. The van der Waals surface area contributed by atoms with E-state index in [0.29, 0.717) is 5.69 Å². The van der Waals surface area contributed by atoms with Gasteiger partial charge in [-0.2, -0.15) is 0 Å². The lowest BCUT2D eigenvalue weighted by molar-refractivity contribution is 1.43. The van der Waals surface area contributed by atoms with Gasteiger partial charge in [0.1, 0.15) is 5.69 Å². The van der Waals surface area contributed by atoms with E-state index in [1.54, 1.807) is 6.07 Å². The molecule has 3 heteroatoms. The van der Waals surface area contributed by atoms with Gasteiger partial charge in [-0.05, 0) is 29.8 Å². The van der Waals surface area contributed by atoms with Gasteiger partial charge in [0.05, 0.1) is 0 Å². The smallest absolute Gasteiger partial charge is 0.117 e. The van der Waals surface area contributed by atoms with Crippen LogP contribution in [0.1, 0.15) is 5.56 Å². The van der Waals surface area contributed by atoms with Gasteiger partial charge >= 0.3 is 0 Å². The van der Waals surface area contributed by atoms with Crippen LogP contribution in [0.2, 0.25) is 0 Å². The van der Waals surface area contributed by atoms with Crippen LogP contribution < -0.4 is 0 Å². The highest BCUT2D eigenvalue weighted by molar-refractivity contribution is 5.93. The van der Waals surface area contributed by atoms with Crippen molar-refractivity contribution in [1.29, 1.82) is 0 Å². The first-order valence-corrected chi connectivity index (χ1v) is 3.73. The summed E-state index contributed by atoms with van der Waals surface area (Å²) in [5.41, 5.74) is 2.52. The summed E-state index contributed by atoms with van der Waals surface area (Å²) in [5.74, 6) is 0. The van der Waals surface area contributed by atoms with E-state index >= 15 is 0 Å². The lowest BCUT2D eigenvalue weighted by atomic mass is 10.1. The van der Waals surface area contributed by atoms with Gasteiger partial charge in [-0.1, -0.05) is 6.07 Å². The van der Waals surface area contributed by atoms with E-state index in [1.807, 2.05) is 25.3 Å². The molecule has 0 saturated heterocycles. The number of aromatic amines is 1. The zero-order chi connectivity index (χ0) is 8.55.